The topological polar surface area (TPSA) is 35.5 Å². The van der Waals surface area contributed by atoms with Crippen molar-refractivity contribution in [3.05, 3.63) is 28.3 Å². The summed E-state index contributed by atoms with van der Waals surface area (Å²) < 4.78 is 10.8. The summed E-state index contributed by atoms with van der Waals surface area (Å²) in [7, 11) is 0. The average Bonchev–Trinajstić information content (AvgIpc) is 2.30. The zero-order chi connectivity index (χ0) is 14.4. The first-order chi connectivity index (χ1) is 8.93. The van der Waals surface area contributed by atoms with Gasteiger partial charge in [-0.3, -0.25) is 4.79 Å². The fraction of sp³-hybridized carbons (Fsp3) is 0.533. The van der Waals surface area contributed by atoms with Crippen LogP contribution in [0, 0.1) is 6.92 Å². The monoisotopic (exact) mass is 284 g/mol. The van der Waals surface area contributed by atoms with Gasteiger partial charge in [0.05, 0.1) is 19.1 Å². The Bertz CT molecular complexity index is 441. The molecule has 0 aliphatic heterocycles. The minimum absolute atomic E-state index is 0.117. The summed E-state index contributed by atoms with van der Waals surface area (Å²) in [5.74, 6) is 0.445. The molecule has 106 valence electrons. The highest BCUT2D eigenvalue weighted by Crippen LogP contribution is 2.27. The molecule has 0 aromatic heterocycles. The smallest absolute Gasteiger partial charge is 0.310 e. The van der Waals surface area contributed by atoms with Gasteiger partial charge in [-0.2, -0.15) is 0 Å². The van der Waals surface area contributed by atoms with Crippen molar-refractivity contribution in [2.75, 3.05) is 6.61 Å². The number of halogens is 1. The largest absolute Gasteiger partial charge is 0.493 e. The zero-order valence-electron chi connectivity index (χ0n) is 12.0. The molecule has 0 aliphatic carbocycles. The predicted octanol–water partition coefficient (Wildman–Crippen LogP) is 3.93. The molecule has 1 aromatic carbocycles. The van der Waals surface area contributed by atoms with E-state index in [0.29, 0.717) is 17.4 Å². The molecule has 4 heteroatoms. The standard InChI is InChI=1S/C15H21ClO3/c1-5-6-18-14-7-11(4)13(16)8-12(14)9-15(17)19-10(2)3/h7-8,10H,5-6,9H2,1-4H3. The molecule has 0 bridgehead atoms. The minimum atomic E-state index is -0.267. The Kier molecular flexibility index (Phi) is 6.16. The maximum Gasteiger partial charge on any atom is 0.310 e. The lowest BCUT2D eigenvalue weighted by Gasteiger charge is -2.14. The Morgan fingerprint density at radius 1 is 1.37 bits per heavy atom. The third-order valence-corrected chi connectivity index (χ3v) is 2.91. The number of hydrogen-bond donors (Lipinski definition) is 0. The zero-order valence-corrected chi connectivity index (χ0v) is 12.7. The Morgan fingerprint density at radius 2 is 2.05 bits per heavy atom. The van der Waals surface area contributed by atoms with Crippen LogP contribution in [-0.4, -0.2) is 18.7 Å². The molecule has 0 heterocycles. The van der Waals surface area contributed by atoms with E-state index in [1.54, 1.807) is 6.07 Å². The predicted molar refractivity (Wildman–Crippen MR) is 76.9 cm³/mol. The second-order valence-corrected chi connectivity index (χ2v) is 5.18. The summed E-state index contributed by atoms with van der Waals surface area (Å²) in [5.41, 5.74) is 1.71. The quantitative estimate of drug-likeness (QED) is 0.743. The van der Waals surface area contributed by atoms with Crippen molar-refractivity contribution in [3.8, 4) is 5.75 Å². The van der Waals surface area contributed by atoms with Crippen molar-refractivity contribution in [1.29, 1.82) is 0 Å². The number of rotatable bonds is 6. The highest BCUT2D eigenvalue weighted by molar-refractivity contribution is 6.31. The van der Waals surface area contributed by atoms with E-state index >= 15 is 0 Å². The number of esters is 1. The van der Waals surface area contributed by atoms with E-state index in [0.717, 1.165) is 17.5 Å². The maximum absolute atomic E-state index is 11.7. The van der Waals surface area contributed by atoms with Crippen molar-refractivity contribution in [1.82, 2.24) is 0 Å². The number of aryl methyl sites for hydroxylation is 1. The highest BCUT2D eigenvalue weighted by Gasteiger charge is 2.13. The van der Waals surface area contributed by atoms with Crippen molar-refractivity contribution < 1.29 is 14.3 Å². The normalized spacial score (nSPS) is 10.6. The van der Waals surface area contributed by atoms with Crippen molar-refractivity contribution in [2.45, 2.75) is 46.6 Å². The van der Waals surface area contributed by atoms with Gasteiger partial charge >= 0.3 is 5.97 Å². The van der Waals surface area contributed by atoms with Gasteiger partial charge in [0.25, 0.3) is 0 Å². The molecule has 0 unspecified atom stereocenters. The molecule has 0 N–H and O–H groups in total. The van der Waals surface area contributed by atoms with Crippen molar-refractivity contribution >= 4 is 17.6 Å². The van der Waals surface area contributed by atoms with E-state index in [4.69, 9.17) is 21.1 Å². The van der Waals surface area contributed by atoms with E-state index in [2.05, 4.69) is 0 Å². The summed E-state index contributed by atoms with van der Waals surface area (Å²) in [6.07, 6.45) is 0.975. The molecule has 0 aliphatic rings. The summed E-state index contributed by atoms with van der Waals surface area (Å²) in [4.78, 5) is 11.7. The van der Waals surface area contributed by atoms with Crippen LogP contribution in [-0.2, 0) is 16.0 Å². The summed E-state index contributed by atoms with van der Waals surface area (Å²) in [5, 5.41) is 0.635. The van der Waals surface area contributed by atoms with Crippen LogP contribution in [0.2, 0.25) is 5.02 Å². The highest BCUT2D eigenvalue weighted by atomic mass is 35.5. The minimum Gasteiger partial charge on any atom is -0.493 e. The van der Waals surface area contributed by atoms with Crippen LogP contribution in [0.3, 0.4) is 0 Å². The van der Waals surface area contributed by atoms with Gasteiger partial charge in [0.2, 0.25) is 0 Å². The Morgan fingerprint density at radius 3 is 2.63 bits per heavy atom. The lowest BCUT2D eigenvalue weighted by molar-refractivity contribution is -0.146. The molecular formula is C15H21ClO3. The molecule has 0 saturated heterocycles. The van der Waals surface area contributed by atoms with Gasteiger partial charge in [-0.15, -0.1) is 0 Å². The Labute approximate surface area is 119 Å². The number of ether oxygens (including phenoxy) is 2. The van der Waals surface area contributed by atoms with E-state index in [1.165, 1.54) is 0 Å². The molecule has 1 aromatic rings. The second-order valence-electron chi connectivity index (χ2n) is 4.77. The number of carbonyl (C=O) groups excluding carboxylic acids is 1. The fourth-order valence-electron chi connectivity index (χ4n) is 1.64. The number of benzene rings is 1. The van der Waals surface area contributed by atoms with E-state index in [1.807, 2.05) is 33.8 Å². The summed E-state index contributed by atoms with van der Waals surface area (Å²) >= 11 is 6.10. The van der Waals surface area contributed by atoms with Gasteiger partial charge in [-0.25, -0.2) is 0 Å². The first-order valence-electron chi connectivity index (χ1n) is 6.55. The van der Waals surface area contributed by atoms with Gasteiger partial charge < -0.3 is 9.47 Å². The van der Waals surface area contributed by atoms with Gasteiger partial charge in [0.15, 0.2) is 0 Å². The van der Waals surface area contributed by atoms with Gasteiger partial charge in [0, 0.05) is 10.6 Å². The van der Waals surface area contributed by atoms with Crippen LogP contribution >= 0.6 is 11.6 Å². The van der Waals surface area contributed by atoms with Crippen molar-refractivity contribution in [3.63, 3.8) is 0 Å². The van der Waals surface area contributed by atoms with Crippen LogP contribution < -0.4 is 4.74 Å². The fourth-order valence-corrected chi connectivity index (χ4v) is 1.83. The van der Waals surface area contributed by atoms with Crippen LogP contribution in [0.1, 0.15) is 38.3 Å². The van der Waals surface area contributed by atoms with Gasteiger partial charge in [0.1, 0.15) is 5.75 Å². The van der Waals surface area contributed by atoms with E-state index < -0.39 is 0 Å². The molecule has 0 saturated carbocycles. The Hall–Kier alpha value is -1.22. The first-order valence-corrected chi connectivity index (χ1v) is 6.93. The third-order valence-electron chi connectivity index (χ3n) is 2.51. The molecule has 3 nitrogen and oxygen atoms in total. The second kappa shape index (κ2) is 7.39. The molecule has 19 heavy (non-hydrogen) atoms. The molecule has 0 atom stereocenters. The first kappa shape index (κ1) is 15.8. The van der Waals surface area contributed by atoms with Crippen LogP contribution in [0.25, 0.3) is 0 Å². The Balaban J connectivity index is 2.90. The van der Waals surface area contributed by atoms with Crippen LogP contribution in [0.4, 0.5) is 0 Å². The lowest BCUT2D eigenvalue weighted by Crippen LogP contribution is -2.14. The number of carbonyl (C=O) groups is 1. The van der Waals surface area contributed by atoms with E-state index in [9.17, 15) is 4.79 Å². The lowest BCUT2D eigenvalue weighted by atomic mass is 10.1. The van der Waals surface area contributed by atoms with E-state index in [-0.39, 0.29) is 18.5 Å². The van der Waals surface area contributed by atoms with Crippen molar-refractivity contribution in [2.24, 2.45) is 0 Å². The van der Waals surface area contributed by atoms with Crippen LogP contribution in [0.15, 0.2) is 12.1 Å². The van der Waals surface area contributed by atoms with Gasteiger partial charge in [-0.05, 0) is 44.9 Å². The SMILES string of the molecule is CCCOc1cc(C)c(Cl)cc1CC(=O)OC(C)C. The van der Waals surface area contributed by atoms with Gasteiger partial charge in [-0.1, -0.05) is 18.5 Å². The van der Waals surface area contributed by atoms with Crippen LogP contribution in [0.5, 0.6) is 5.75 Å². The molecule has 0 radical (unpaired) electrons. The summed E-state index contributed by atoms with van der Waals surface area (Å²) in [6.45, 7) is 8.23. The molecule has 0 spiro atoms. The molecule has 0 fully saturated rings. The molecule has 0 amide bonds. The average molecular weight is 285 g/mol. The maximum atomic E-state index is 11.7. The molecular weight excluding hydrogens is 264 g/mol. The summed E-state index contributed by atoms with van der Waals surface area (Å²) in [6, 6.07) is 3.65. The molecule has 1 rings (SSSR count). The number of hydrogen-bond acceptors (Lipinski definition) is 3. The third kappa shape index (κ3) is 5.11.